The zero-order chi connectivity index (χ0) is 22.1. The van der Waals surface area contributed by atoms with Crippen molar-refractivity contribution < 1.29 is 13.9 Å². The number of guanidine groups is 1. The Labute approximate surface area is 207 Å². The van der Waals surface area contributed by atoms with E-state index in [1.54, 1.807) is 26.1 Å². The highest BCUT2D eigenvalue weighted by atomic mass is 127. The molecule has 0 spiro atoms. The first kappa shape index (κ1) is 26.3. The van der Waals surface area contributed by atoms with E-state index in [-0.39, 0.29) is 35.8 Å². The Morgan fingerprint density at radius 2 is 1.97 bits per heavy atom. The molecule has 1 aliphatic heterocycles. The minimum absolute atomic E-state index is 0. The van der Waals surface area contributed by atoms with E-state index in [9.17, 15) is 4.39 Å². The number of hydrogen-bond donors (Lipinski definition) is 2. The van der Waals surface area contributed by atoms with Gasteiger partial charge < -0.3 is 20.1 Å². The molecule has 2 N–H and O–H groups in total. The van der Waals surface area contributed by atoms with Gasteiger partial charge in [0.15, 0.2) is 5.96 Å². The fourth-order valence-corrected chi connectivity index (χ4v) is 3.44. The highest BCUT2D eigenvalue weighted by molar-refractivity contribution is 14.0. The van der Waals surface area contributed by atoms with Crippen LogP contribution in [0.3, 0.4) is 0 Å². The van der Waals surface area contributed by atoms with E-state index in [1.165, 1.54) is 0 Å². The van der Waals surface area contributed by atoms with Gasteiger partial charge in [-0.1, -0.05) is 30.3 Å². The van der Waals surface area contributed by atoms with Crippen LogP contribution in [0, 0.1) is 12.7 Å². The summed E-state index contributed by atoms with van der Waals surface area (Å²) in [7, 11) is 1.72. The summed E-state index contributed by atoms with van der Waals surface area (Å²) in [4.78, 5) is 6.66. The normalized spacial score (nSPS) is 15.6. The summed E-state index contributed by atoms with van der Waals surface area (Å²) >= 11 is 0. The molecule has 0 radical (unpaired) electrons. The molecule has 1 saturated heterocycles. The third-order valence-corrected chi connectivity index (χ3v) is 5.46. The molecule has 1 unspecified atom stereocenters. The van der Waals surface area contributed by atoms with Crippen molar-refractivity contribution in [1.82, 2.24) is 15.5 Å². The number of aryl methyl sites for hydroxylation is 1. The van der Waals surface area contributed by atoms with Crippen molar-refractivity contribution in [3.8, 4) is 5.75 Å². The maximum absolute atomic E-state index is 13.9. The van der Waals surface area contributed by atoms with Gasteiger partial charge in [0.25, 0.3) is 0 Å². The zero-order valence-electron chi connectivity index (χ0n) is 19.1. The van der Waals surface area contributed by atoms with Crippen LogP contribution in [0.25, 0.3) is 0 Å². The molecular formula is C24H34FIN4O2. The van der Waals surface area contributed by atoms with Crippen LogP contribution in [0.4, 0.5) is 4.39 Å². The largest absolute Gasteiger partial charge is 0.492 e. The number of aliphatic imine (C=N–C) groups is 1. The van der Waals surface area contributed by atoms with Gasteiger partial charge in [0.05, 0.1) is 19.3 Å². The van der Waals surface area contributed by atoms with Crippen molar-refractivity contribution in [1.29, 1.82) is 0 Å². The first-order valence-electron chi connectivity index (χ1n) is 10.8. The first-order valence-corrected chi connectivity index (χ1v) is 10.8. The molecule has 3 rings (SSSR count). The second-order valence-corrected chi connectivity index (χ2v) is 7.71. The van der Waals surface area contributed by atoms with Crippen LogP contribution in [0.5, 0.6) is 5.75 Å². The average molecular weight is 556 g/mol. The highest BCUT2D eigenvalue weighted by Crippen LogP contribution is 2.19. The fraction of sp³-hybridized carbons (Fsp3) is 0.458. The summed E-state index contributed by atoms with van der Waals surface area (Å²) in [6, 6.07) is 13.2. The molecule has 1 fully saturated rings. The summed E-state index contributed by atoms with van der Waals surface area (Å²) in [5, 5.41) is 6.65. The van der Waals surface area contributed by atoms with Crippen molar-refractivity contribution in [2.24, 2.45) is 4.99 Å². The van der Waals surface area contributed by atoms with E-state index in [2.05, 4.69) is 20.5 Å². The van der Waals surface area contributed by atoms with Gasteiger partial charge in [0.1, 0.15) is 18.2 Å². The van der Waals surface area contributed by atoms with Crippen LogP contribution >= 0.6 is 24.0 Å². The first-order chi connectivity index (χ1) is 15.1. The maximum atomic E-state index is 13.9. The third-order valence-electron chi connectivity index (χ3n) is 5.46. The molecule has 8 heteroatoms. The van der Waals surface area contributed by atoms with Gasteiger partial charge in [0, 0.05) is 38.8 Å². The topological polar surface area (TPSA) is 58.1 Å². The molecule has 176 valence electrons. The van der Waals surface area contributed by atoms with Crippen molar-refractivity contribution >= 4 is 29.9 Å². The van der Waals surface area contributed by atoms with Crippen LogP contribution in [0.2, 0.25) is 0 Å². The van der Waals surface area contributed by atoms with Gasteiger partial charge in [0.2, 0.25) is 0 Å². The van der Waals surface area contributed by atoms with Crippen molar-refractivity contribution in [3.05, 3.63) is 65.0 Å². The zero-order valence-corrected chi connectivity index (χ0v) is 21.4. The number of hydrogen-bond acceptors (Lipinski definition) is 4. The summed E-state index contributed by atoms with van der Waals surface area (Å²) in [6.45, 7) is 9.34. The predicted octanol–water partition coefficient (Wildman–Crippen LogP) is 3.89. The molecule has 0 aromatic heterocycles. The Balaban J connectivity index is 0.00000363. The summed E-state index contributed by atoms with van der Waals surface area (Å²) in [5.74, 6) is 1.32. The molecular weight excluding hydrogens is 522 g/mol. The van der Waals surface area contributed by atoms with E-state index in [4.69, 9.17) is 9.47 Å². The van der Waals surface area contributed by atoms with Crippen LogP contribution < -0.4 is 15.4 Å². The molecule has 1 aliphatic rings. The van der Waals surface area contributed by atoms with E-state index >= 15 is 0 Å². The SMILES string of the molecule is CN=C(NCc1ccccc1OCCN1CCOCC1)NC(C)c1ccc(C)c(F)c1.I. The molecule has 2 aromatic carbocycles. The number of para-hydroxylation sites is 1. The number of benzene rings is 2. The van der Waals surface area contributed by atoms with Gasteiger partial charge in [-0.05, 0) is 37.1 Å². The number of ether oxygens (including phenoxy) is 2. The minimum atomic E-state index is -0.197. The molecule has 1 heterocycles. The predicted molar refractivity (Wildman–Crippen MR) is 137 cm³/mol. The van der Waals surface area contributed by atoms with Gasteiger partial charge in [-0.15, -0.1) is 24.0 Å². The molecule has 32 heavy (non-hydrogen) atoms. The second kappa shape index (κ2) is 13.6. The van der Waals surface area contributed by atoms with Crippen molar-refractivity contribution in [3.63, 3.8) is 0 Å². The van der Waals surface area contributed by atoms with Crippen molar-refractivity contribution in [2.75, 3.05) is 46.5 Å². The molecule has 0 bridgehead atoms. The standard InChI is InChI=1S/C24H33FN4O2.HI/c1-18-8-9-20(16-22(18)25)19(2)28-24(26-3)27-17-21-6-4-5-7-23(21)31-15-12-29-10-13-30-14-11-29;/h4-9,16,19H,10-15,17H2,1-3H3,(H2,26,27,28);1H. The highest BCUT2D eigenvalue weighted by Gasteiger charge is 2.12. The molecule has 6 nitrogen and oxygen atoms in total. The van der Waals surface area contributed by atoms with E-state index < -0.39 is 0 Å². The Bertz CT molecular complexity index is 875. The fourth-order valence-electron chi connectivity index (χ4n) is 3.44. The Hall–Kier alpha value is -1.91. The number of halogens is 2. The Morgan fingerprint density at radius 3 is 2.69 bits per heavy atom. The van der Waals surface area contributed by atoms with E-state index in [0.717, 1.165) is 49.7 Å². The van der Waals surface area contributed by atoms with Gasteiger partial charge in [-0.3, -0.25) is 9.89 Å². The lowest BCUT2D eigenvalue weighted by Gasteiger charge is -2.26. The molecule has 2 aromatic rings. The summed E-state index contributed by atoms with van der Waals surface area (Å²) < 4.78 is 25.3. The van der Waals surface area contributed by atoms with Crippen LogP contribution in [-0.2, 0) is 11.3 Å². The van der Waals surface area contributed by atoms with Crippen LogP contribution in [-0.4, -0.2) is 57.4 Å². The third kappa shape index (κ3) is 7.90. The molecule has 0 amide bonds. The lowest BCUT2D eigenvalue weighted by atomic mass is 10.1. The molecule has 0 aliphatic carbocycles. The maximum Gasteiger partial charge on any atom is 0.191 e. The van der Waals surface area contributed by atoms with Crippen LogP contribution in [0.1, 0.15) is 29.7 Å². The average Bonchev–Trinajstić information content (AvgIpc) is 2.79. The Morgan fingerprint density at radius 1 is 1.22 bits per heavy atom. The smallest absolute Gasteiger partial charge is 0.191 e. The minimum Gasteiger partial charge on any atom is -0.492 e. The van der Waals surface area contributed by atoms with Gasteiger partial charge in [-0.25, -0.2) is 4.39 Å². The molecule has 0 saturated carbocycles. The number of morpholine rings is 1. The van der Waals surface area contributed by atoms with Crippen molar-refractivity contribution in [2.45, 2.75) is 26.4 Å². The lowest BCUT2D eigenvalue weighted by molar-refractivity contribution is 0.0322. The van der Waals surface area contributed by atoms with Crippen LogP contribution in [0.15, 0.2) is 47.5 Å². The summed E-state index contributed by atoms with van der Waals surface area (Å²) in [5.41, 5.74) is 2.57. The number of nitrogens with one attached hydrogen (secondary N) is 2. The monoisotopic (exact) mass is 556 g/mol. The van der Waals surface area contributed by atoms with E-state index in [1.807, 2.05) is 37.3 Å². The quantitative estimate of drug-likeness (QED) is 0.294. The Kier molecular flexibility index (Phi) is 11.2. The van der Waals surface area contributed by atoms with Gasteiger partial charge >= 0.3 is 0 Å². The lowest BCUT2D eigenvalue weighted by Crippen LogP contribution is -2.39. The summed E-state index contributed by atoms with van der Waals surface area (Å²) in [6.07, 6.45) is 0. The second-order valence-electron chi connectivity index (χ2n) is 7.71. The van der Waals surface area contributed by atoms with E-state index in [0.29, 0.717) is 24.7 Å². The number of rotatable bonds is 8. The van der Waals surface area contributed by atoms with Gasteiger partial charge in [-0.2, -0.15) is 0 Å². The molecule has 1 atom stereocenters. The number of nitrogens with zero attached hydrogens (tertiary/aromatic N) is 2.